The molecule has 0 saturated carbocycles. The Balaban J connectivity index is 2.98. The fourth-order valence-electron chi connectivity index (χ4n) is 0.457. The fourth-order valence-corrected chi connectivity index (χ4v) is 2.60. The van der Waals surface area contributed by atoms with E-state index < -0.39 is 0 Å². The zero-order chi connectivity index (χ0) is 6.85. The van der Waals surface area contributed by atoms with Crippen LogP contribution in [-0.2, 0) is 5.33 Å². The molecule has 0 fully saturated rings. The molecule has 0 aliphatic rings. The van der Waals surface area contributed by atoms with Gasteiger partial charge in [0.05, 0.1) is 0 Å². The van der Waals surface area contributed by atoms with Gasteiger partial charge in [0, 0.05) is 14.7 Å². The number of hydrogen-bond acceptors (Lipinski definition) is 1. The van der Waals surface area contributed by atoms with Gasteiger partial charge in [-0.3, -0.25) is 0 Å². The van der Waals surface area contributed by atoms with Crippen LogP contribution >= 0.6 is 54.8 Å². The van der Waals surface area contributed by atoms with Crippen LogP contribution in [-0.4, -0.2) is 0 Å². The van der Waals surface area contributed by atoms with Crippen molar-refractivity contribution in [3.05, 3.63) is 19.8 Å². The highest BCUT2D eigenvalue weighted by Gasteiger charge is 2.01. The first kappa shape index (κ1) is 8.05. The highest BCUT2D eigenvalue weighted by Crippen LogP contribution is 2.32. The van der Waals surface area contributed by atoms with Gasteiger partial charge >= 0.3 is 0 Å². The van der Waals surface area contributed by atoms with Gasteiger partial charge in [-0.25, -0.2) is 0 Å². The molecule has 0 spiro atoms. The third-order valence-electron chi connectivity index (χ3n) is 0.828. The number of hydrogen-bond donors (Lipinski definition) is 0. The molecule has 9 heavy (non-hydrogen) atoms. The number of thiophene rings is 1. The average molecular weight is 290 g/mol. The molecule has 0 nitrogen and oxygen atoms in total. The summed E-state index contributed by atoms with van der Waals surface area (Å²) in [5.41, 5.74) is 0. The molecule has 0 aromatic carbocycles. The van der Waals surface area contributed by atoms with Crippen molar-refractivity contribution in [2.75, 3.05) is 0 Å². The lowest BCUT2D eigenvalue weighted by atomic mass is 10.5. The van der Waals surface area contributed by atoms with Crippen molar-refractivity contribution in [2.45, 2.75) is 5.33 Å². The molecule has 0 unspecified atom stereocenters. The maximum Gasteiger partial charge on any atom is 0.107 e. The molecule has 0 aliphatic heterocycles. The number of rotatable bonds is 1. The van der Waals surface area contributed by atoms with Crippen molar-refractivity contribution >= 4 is 54.8 Å². The van der Waals surface area contributed by atoms with Gasteiger partial charge < -0.3 is 0 Å². The molecule has 0 atom stereocenters. The Morgan fingerprint density at radius 3 is 2.56 bits per heavy atom. The summed E-state index contributed by atoms with van der Waals surface area (Å²) in [6, 6.07) is 2.02. The van der Waals surface area contributed by atoms with Crippen LogP contribution in [0.15, 0.2) is 10.5 Å². The van der Waals surface area contributed by atoms with Crippen molar-refractivity contribution in [3.8, 4) is 0 Å². The summed E-state index contributed by atoms with van der Waals surface area (Å²) < 4.78 is 1.81. The van der Waals surface area contributed by atoms with Crippen molar-refractivity contribution in [3.63, 3.8) is 0 Å². The van der Waals surface area contributed by atoms with E-state index in [1.54, 1.807) is 11.3 Å². The summed E-state index contributed by atoms with van der Waals surface area (Å²) in [6.45, 7) is 0. The first-order chi connectivity index (χ1) is 4.24. The molecule has 0 aliphatic carbocycles. The highest BCUT2D eigenvalue weighted by molar-refractivity contribution is 9.10. The summed E-state index contributed by atoms with van der Waals surface area (Å²) >= 11 is 14.0. The van der Waals surface area contributed by atoms with Crippen LogP contribution in [0.1, 0.15) is 4.88 Å². The molecule has 0 bridgehead atoms. The van der Waals surface area contributed by atoms with Crippen LogP contribution in [0.2, 0.25) is 4.34 Å². The van der Waals surface area contributed by atoms with Crippen LogP contribution in [0.5, 0.6) is 0 Å². The Morgan fingerprint density at radius 1 is 1.67 bits per heavy atom. The highest BCUT2D eigenvalue weighted by atomic mass is 79.9. The number of alkyl halides is 1. The van der Waals surface area contributed by atoms with Crippen LogP contribution in [0.3, 0.4) is 0 Å². The topological polar surface area (TPSA) is 0 Å². The second kappa shape index (κ2) is 3.37. The lowest BCUT2D eigenvalue weighted by Crippen LogP contribution is -1.59. The van der Waals surface area contributed by atoms with Crippen LogP contribution in [0.25, 0.3) is 0 Å². The van der Waals surface area contributed by atoms with Crippen LogP contribution in [0.4, 0.5) is 0 Å². The fraction of sp³-hybridized carbons (Fsp3) is 0.200. The summed E-state index contributed by atoms with van der Waals surface area (Å²) in [5.74, 6) is 0. The van der Waals surface area contributed by atoms with Crippen molar-refractivity contribution in [1.82, 2.24) is 0 Å². The standard InChI is InChI=1S/C5H3Br2ClS/c6-2-3-1-4(7)5(8)9-3/h1H,2H2. The van der Waals surface area contributed by atoms with E-state index in [1.807, 2.05) is 6.07 Å². The summed E-state index contributed by atoms with van der Waals surface area (Å²) in [6.07, 6.45) is 0. The molecule has 4 heteroatoms. The minimum atomic E-state index is 0.824. The summed E-state index contributed by atoms with van der Waals surface area (Å²) in [4.78, 5) is 1.24. The first-order valence-electron chi connectivity index (χ1n) is 2.23. The molecule has 0 radical (unpaired) electrons. The Hall–Kier alpha value is 0.950. The minimum absolute atomic E-state index is 0.824. The molecule has 1 rings (SSSR count). The Bertz CT molecular complexity index is 189. The molecule has 1 aromatic rings. The van der Waals surface area contributed by atoms with E-state index in [-0.39, 0.29) is 0 Å². The maximum absolute atomic E-state index is 5.76. The van der Waals surface area contributed by atoms with Gasteiger partial charge in [0.1, 0.15) is 4.34 Å². The molecule has 1 aromatic heterocycles. The zero-order valence-corrected chi connectivity index (χ0v) is 9.07. The molecular weight excluding hydrogens is 287 g/mol. The predicted octanol–water partition coefficient (Wildman–Crippen LogP) is 4.06. The molecule has 0 saturated heterocycles. The summed E-state index contributed by atoms with van der Waals surface area (Å²) in [7, 11) is 0. The predicted molar refractivity (Wildman–Crippen MR) is 49.7 cm³/mol. The Morgan fingerprint density at radius 2 is 2.33 bits per heavy atom. The van der Waals surface area contributed by atoms with E-state index in [4.69, 9.17) is 11.6 Å². The van der Waals surface area contributed by atoms with E-state index in [0.717, 1.165) is 14.1 Å². The molecular formula is C5H3Br2ClS. The van der Waals surface area contributed by atoms with Gasteiger partial charge in [0.15, 0.2) is 0 Å². The van der Waals surface area contributed by atoms with Gasteiger partial charge in [0.2, 0.25) is 0 Å². The van der Waals surface area contributed by atoms with Gasteiger partial charge in [0.25, 0.3) is 0 Å². The van der Waals surface area contributed by atoms with Crippen molar-refractivity contribution < 1.29 is 0 Å². The smallest absolute Gasteiger partial charge is 0.107 e. The maximum atomic E-state index is 5.76. The van der Waals surface area contributed by atoms with Gasteiger partial charge in [-0.15, -0.1) is 11.3 Å². The van der Waals surface area contributed by atoms with Gasteiger partial charge in [-0.1, -0.05) is 27.5 Å². The molecule has 50 valence electrons. The zero-order valence-electron chi connectivity index (χ0n) is 4.33. The van der Waals surface area contributed by atoms with E-state index in [0.29, 0.717) is 0 Å². The van der Waals surface area contributed by atoms with E-state index in [1.165, 1.54) is 4.88 Å². The van der Waals surface area contributed by atoms with E-state index in [2.05, 4.69) is 31.9 Å². The van der Waals surface area contributed by atoms with Crippen molar-refractivity contribution in [2.24, 2.45) is 0 Å². The van der Waals surface area contributed by atoms with Crippen LogP contribution in [0, 0.1) is 0 Å². The van der Waals surface area contributed by atoms with Crippen LogP contribution < -0.4 is 0 Å². The largest absolute Gasteiger partial charge is 0.126 e. The number of halogens is 3. The lowest BCUT2D eigenvalue weighted by molar-refractivity contribution is 1.57. The molecule has 1 heterocycles. The SMILES string of the molecule is Clc1sc(CBr)cc1Br. The van der Waals surface area contributed by atoms with E-state index >= 15 is 0 Å². The third kappa shape index (κ3) is 1.93. The van der Waals surface area contributed by atoms with E-state index in [9.17, 15) is 0 Å². The van der Waals surface area contributed by atoms with Crippen molar-refractivity contribution in [1.29, 1.82) is 0 Å². The lowest BCUT2D eigenvalue weighted by Gasteiger charge is -1.77. The Kier molecular flexibility index (Phi) is 3.02. The van der Waals surface area contributed by atoms with Gasteiger partial charge in [-0.2, -0.15) is 0 Å². The normalized spacial score (nSPS) is 10.1. The second-order valence-electron chi connectivity index (χ2n) is 1.47. The monoisotopic (exact) mass is 288 g/mol. The average Bonchev–Trinajstić information content (AvgIpc) is 2.13. The second-order valence-corrected chi connectivity index (χ2v) is 4.62. The quantitative estimate of drug-likeness (QED) is 0.684. The summed E-state index contributed by atoms with van der Waals surface area (Å²) in [5, 5.41) is 0.878. The minimum Gasteiger partial charge on any atom is -0.126 e. The first-order valence-corrected chi connectivity index (χ1v) is 5.34. The van der Waals surface area contributed by atoms with Gasteiger partial charge in [-0.05, 0) is 22.0 Å². The third-order valence-corrected chi connectivity index (χ3v) is 4.28. The molecule has 0 N–H and O–H groups in total. The Labute approximate surface area is 79.5 Å². The molecule has 0 amide bonds.